The van der Waals surface area contributed by atoms with Crippen molar-refractivity contribution in [2.45, 2.75) is 26.4 Å². The Morgan fingerprint density at radius 2 is 2.00 bits per heavy atom. The fraction of sp³-hybridized carbons (Fsp3) is 0.294. The molecular weight excluding hydrogens is 340 g/mol. The summed E-state index contributed by atoms with van der Waals surface area (Å²) < 4.78 is 1.06. The third-order valence-corrected chi connectivity index (χ3v) is 4.95. The number of aryl methyl sites for hydroxylation is 1. The molecule has 2 aromatic heterocycles. The molecule has 130 valence electrons. The molecule has 1 N–H and O–H groups in total. The highest BCUT2D eigenvalue weighted by atomic mass is 32.1. The first-order chi connectivity index (χ1) is 12.0. The topological polar surface area (TPSA) is 88.1 Å². The van der Waals surface area contributed by atoms with E-state index in [-0.39, 0.29) is 18.0 Å². The molecule has 7 nitrogen and oxygen atoms in total. The molecule has 0 aliphatic heterocycles. The van der Waals surface area contributed by atoms with Gasteiger partial charge in [0.25, 0.3) is 11.1 Å². The van der Waals surface area contributed by atoms with Gasteiger partial charge >= 0.3 is 0 Å². The van der Waals surface area contributed by atoms with E-state index >= 15 is 0 Å². The fourth-order valence-electron chi connectivity index (χ4n) is 2.53. The molecule has 0 aliphatic rings. The lowest BCUT2D eigenvalue weighted by molar-refractivity contribution is -0.131. The Bertz CT molecular complexity index is 1030. The normalized spacial score (nSPS) is 11.0. The monoisotopic (exact) mass is 358 g/mol. The zero-order valence-electron chi connectivity index (χ0n) is 14.0. The Morgan fingerprint density at radius 1 is 1.28 bits per heavy atom. The Hall–Kier alpha value is -2.74. The van der Waals surface area contributed by atoms with Crippen molar-refractivity contribution in [1.29, 1.82) is 0 Å². The van der Waals surface area contributed by atoms with E-state index in [1.54, 1.807) is 42.6 Å². The molecule has 3 rings (SSSR count). The van der Waals surface area contributed by atoms with Crippen molar-refractivity contribution in [3.8, 4) is 0 Å². The number of nitrogens with one attached hydrogen (secondary N) is 1. The molecule has 0 bridgehead atoms. The average Bonchev–Trinajstić information content (AvgIpc) is 3.07. The van der Waals surface area contributed by atoms with E-state index in [1.165, 1.54) is 4.90 Å². The van der Waals surface area contributed by atoms with Gasteiger partial charge in [0.15, 0.2) is 0 Å². The van der Waals surface area contributed by atoms with E-state index in [0.717, 1.165) is 21.8 Å². The third-order valence-electron chi connectivity index (χ3n) is 3.90. The number of thiazole rings is 1. The molecule has 25 heavy (non-hydrogen) atoms. The number of hydrogen-bond acceptors (Lipinski definition) is 5. The van der Waals surface area contributed by atoms with Gasteiger partial charge in [-0.1, -0.05) is 19.1 Å². The minimum absolute atomic E-state index is 0.222. The molecule has 0 spiro atoms. The van der Waals surface area contributed by atoms with Gasteiger partial charge in [-0.15, -0.1) is 11.3 Å². The van der Waals surface area contributed by atoms with E-state index in [9.17, 15) is 14.4 Å². The summed E-state index contributed by atoms with van der Waals surface area (Å²) in [7, 11) is 1.65. The number of fused-ring (bicyclic) bond motifs is 1. The largest absolute Gasteiger partial charge is 0.338 e. The van der Waals surface area contributed by atoms with Crippen LogP contribution in [-0.2, 0) is 24.3 Å². The number of amides is 1. The second kappa shape index (κ2) is 7.02. The molecular formula is C17H18N4O3S. The number of rotatable bonds is 5. The fourth-order valence-corrected chi connectivity index (χ4v) is 3.26. The SMILES string of the molecule is CCc1nc(CN(C)C(=O)Cn2[nH]c(=O)c3ccccc3c2=O)cs1. The lowest BCUT2D eigenvalue weighted by atomic mass is 10.2. The van der Waals surface area contributed by atoms with Crippen molar-refractivity contribution in [2.75, 3.05) is 7.05 Å². The Kier molecular flexibility index (Phi) is 4.80. The first kappa shape index (κ1) is 17.1. The summed E-state index contributed by atoms with van der Waals surface area (Å²) in [6, 6.07) is 6.55. The van der Waals surface area contributed by atoms with Crippen molar-refractivity contribution in [2.24, 2.45) is 0 Å². The van der Waals surface area contributed by atoms with Gasteiger partial charge in [0, 0.05) is 12.4 Å². The molecule has 1 aromatic carbocycles. The number of carbonyl (C=O) groups is 1. The molecule has 0 saturated heterocycles. The second-order valence-corrected chi connectivity index (χ2v) is 6.66. The Morgan fingerprint density at radius 3 is 2.68 bits per heavy atom. The van der Waals surface area contributed by atoms with E-state index < -0.39 is 5.56 Å². The highest BCUT2D eigenvalue weighted by Crippen LogP contribution is 2.12. The molecule has 2 heterocycles. The third kappa shape index (κ3) is 3.53. The summed E-state index contributed by atoms with van der Waals surface area (Å²) in [5, 5.41) is 6.03. The van der Waals surface area contributed by atoms with E-state index in [1.807, 2.05) is 12.3 Å². The quantitative estimate of drug-likeness (QED) is 0.746. The molecule has 0 aliphatic carbocycles. The van der Waals surface area contributed by atoms with Crippen LogP contribution in [0.5, 0.6) is 0 Å². The van der Waals surface area contributed by atoms with Gasteiger partial charge in [0.2, 0.25) is 5.91 Å². The lowest BCUT2D eigenvalue weighted by Gasteiger charge is -2.16. The van der Waals surface area contributed by atoms with E-state index in [2.05, 4.69) is 10.1 Å². The average molecular weight is 358 g/mol. The second-order valence-electron chi connectivity index (χ2n) is 5.71. The number of carbonyl (C=O) groups excluding carboxylic acids is 1. The van der Waals surface area contributed by atoms with Gasteiger partial charge in [0.05, 0.1) is 28.0 Å². The van der Waals surface area contributed by atoms with Crippen LogP contribution in [0.4, 0.5) is 0 Å². The zero-order chi connectivity index (χ0) is 18.0. The van der Waals surface area contributed by atoms with Crippen LogP contribution in [0.2, 0.25) is 0 Å². The van der Waals surface area contributed by atoms with Crippen molar-refractivity contribution >= 4 is 28.0 Å². The molecule has 8 heteroatoms. The van der Waals surface area contributed by atoms with E-state index in [4.69, 9.17) is 0 Å². The maximum absolute atomic E-state index is 12.5. The van der Waals surface area contributed by atoms with E-state index in [0.29, 0.717) is 17.3 Å². The molecule has 0 atom stereocenters. The Labute approximate surface area is 147 Å². The summed E-state index contributed by atoms with van der Waals surface area (Å²) in [4.78, 5) is 42.9. The molecule has 0 fully saturated rings. The highest BCUT2D eigenvalue weighted by molar-refractivity contribution is 7.09. The molecule has 0 saturated carbocycles. The van der Waals surface area contributed by atoms with Gasteiger partial charge in [-0.25, -0.2) is 9.67 Å². The number of nitrogens with zero attached hydrogens (tertiary/aromatic N) is 3. The first-order valence-electron chi connectivity index (χ1n) is 7.88. The summed E-state index contributed by atoms with van der Waals surface area (Å²) in [5.41, 5.74) is 0.0358. The number of aromatic amines is 1. The predicted molar refractivity (Wildman–Crippen MR) is 96.8 cm³/mol. The lowest BCUT2D eigenvalue weighted by Crippen LogP contribution is -2.37. The summed E-state index contributed by atoms with van der Waals surface area (Å²) in [6.07, 6.45) is 0.857. The van der Waals surface area contributed by atoms with Crippen molar-refractivity contribution in [3.63, 3.8) is 0 Å². The van der Waals surface area contributed by atoms with Crippen molar-refractivity contribution < 1.29 is 4.79 Å². The van der Waals surface area contributed by atoms with Crippen LogP contribution < -0.4 is 11.1 Å². The highest BCUT2D eigenvalue weighted by Gasteiger charge is 2.14. The number of likely N-dealkylation sites (N-methyl/N-ethyl adjacent to an activating group) is 1. The van der Waals surface area contributed by atoms with Crippen LogP contribution >= 0.6 is 11.3 Å². The van der Waals surface area contributed by atoms with Gasteiger partial charge in [-0.05, 0) is 18.6 Å². The summed E-state index contributed by atoms with van der Waals surface area (Å²) in [5.74, 6) is -0.279. The van der Waals surface area contributed by atoms with Crippen molar-refractivity contribution in [3.05, 3.63) is 61.1 Å². The summed E-state index contributed by atoms with van der Waals surface area (Å²) >= 11 is 1.56. The number of benzene rings is 1. The van der Waals surface area contributed by atoms with Gasteiger partial charge < -0.3 is 4.90 Å². The van der Waals surface area contributed by atoms with Gasteiger partial charge in [0.1, 0.15) is 6.54 Å². The maximum atomic E-state index is 12.5. The predicted octanol–water partition coefficient (Wildman–Crippen LogP) is 1.37. The number of aromatic nitrogens is 3. The first-order valence-corrected chi connectivity index (χ1v) is 8.76. The number of hydrogen-bond donors (Lipinski definition) is 1. The van der Waals surface area contributed by atoms with Crippen LogP contribution in [0.15, 0.2) is 39.2 Å². The van der Waals surface area contributed by atoms with Crippen LogP contribution in [0.3, 0.4) is 0 Å². The van der Waals surface area contributed by atoms with Gasteiger partial charge in [-0.2, -0.15) is 0 Å². The Balaban J connectivity index is 1.80. The molecule has 1 amide bonds. The maximum Gasteiger partial charge on any atom is 0.273 e. The minimum Gasteiger partial charge on any atom is -0.338 e. The van der Waals surface area contributed by atoms with Gasteiger partial charge in [-0.3, -0.25) is 19.5 Å². The minimum atomic E-state index is -0.391. The van der Waals surface area contributed by atoms with Crippen LogP contribution in [-0.4, -0.2) is 32.6 Å². The standard InChI is InChI=1S/C17H18N4O3S/c1-3-14-18-11(10-25-14)8-20(2)15(22)9-21-17(24)13-7-5-4-6-12(13)16(23)19-21/h4-7,10H,3,8-9H2,1-2H3,(H,19,23). The zero-order valence-corrected chi connectivity index (χ0v) is 14.8. The van der Waals surface area contributed by atoms with Crippen molar-refractivity contribution in [1.82, 2.24) is 19.7 Å². The summed E-state index contributed by atoms with van der Waals surface area (Å²) in [6.45, 7) is 2.17. The van der Waals surface area contributed by atoms with Crippen LogP contribution in [0, 0.1) is 0 Å². The smallest absolute Gasteiger partial charge is 0.273 e. The molecule has 3 aromatic rings. The van der Waals surface area contributed by atoms with Crippen LogP contribution in [0.25, 0.3) is 10.8 Å². The molecule has 0 radical (unpaired) electrons. The number of H-pyrrole nitrogens is 1. The van der Waals surface area contributed by atoms with Crippen LogP contribution in [0.1, 0.15) is 17.6 Å². The molecule has 0 unspecified atom stereocenters.